The lowest BCUT2D eigenvalue weighted by Crippen LogP contribution is -2.32. The predicted octanol–water partition coefficient (Wildman–Crippen LogP) is 3.95. The van der Waals surface area contributed by atoms with Gasteiger partial charge in [-0.3, -0.25) is 4.79 Å². The second kappa shape index (κ2) is 9.34. The molecule has 1 aromatic heterocycles. The van der Waals surface area contributed by atoms with E-state index in [0.717, 1.165) is 41.3 Å². The van der Waals surface area contributed by atoms with Crippen LogP contribution in [0.2, 0.25) is 0 Å². The van der Waals surface area contributed by atoms with Crippen molar-refractivity contribution in [3.8, 4) is 0 Å². The van der Waals surface area contributed by atoms with Crippen molar-refractivity contribution in [1.29, 1.82) is 0 Å². The van der Waals surface area contributed by atoms with Crippen LogP contribution in [0.15, 0.2) is 52.9 Å². The highest BCUT2D eigenvalue weighted by Crippen LogP contribution is 2.24. The zero-order chi connectivity index (χ0) is 20.9. The third-order valence-electron chi connectivity index (χ3n) is 5.08. The molecule has 3 aromatic rings. The van der Waals surface area contributed by atoms with E-state index in [0.29, 0.717) is 23.9 Å². The molecule has 4 rings (SSSR count). The lowest BCUT2D eigenvalue weighted by Gasteiger charge is -2.24. The Bertz CT molecular complexity index is 979. The molecule has 1 aliphatic heterocycles. The molecule has 1 aliphatic rings. The number of hydrogen-bond acceptors (Lipinski definition) is 6. The van der Waals surface area contributed by atoms with Crippen molar-refractivity contribution in [2.75, 3.05) is 29.5 Å². The lowest BCUT2D eigenvalue weighted by molar-refractivity contribution is 0.0930. The smallest absolute Gasteiger partial charge is 0.318 e. The number of carbonyl (C=O) groups is 1. The van der Waals surface area contributed by atoms with Gasteiger partial charge in [-0.15, -0.1) is 5.10 Å². The van der Waals surface area contributed by atoms with Gasteiger partial charge >= 0.3 is 6.01 Å². The highest BCUT2D eigenvalue weighted by Gasteiger charge is 2.25. The Morgan fingerprint density at radius 3 is 2.50 bits per heavy atom. The first-order valence-electron chi connectivity index (χ1n) is 10.2. The van der Waals surface area contributed by atoms with E-state index in [1.54, 1.807) is 0 Å². The van der Waals surface area contributed by atoms with Crippen LogP contribution in [0, 0.1) is 13.8 Å². The largest absolute Gasteiger partial charge is 0.406 e. The van der Waals surface area contributed by atoms with E-state index in [1.807, 2.05) is 68.1 Å². The minimum atomic E-state index is -0.402. The average Bonchev–Trinajstić information content (AvgIpc) is 3.24. The van der Waals surface area contributed by atoms with Gasteiger partial charge in [-0.05, 0) is 31.5 Å². The molecule has 1 saturated heterocycles. The Balaban J connectivity index is 1.58. The lowest BCUT2D eigenvalue weighted by atomic mass is 10.0. The Kier molecular flexibility index (Phi) is 6.38. The van der Waals surface area contributed by atoms with Crippen molar-refractivity contribution in [3.63, 3.8) is 0 Å². The number of aromatic nitrogens is 2. The Morgan fingerprint density at radius 1 is 1.10 bits per heavy atom. The summed E-state index contributed by atoms with van der Waals surface area (Å²) in [5, 5.41) is 11.7. The van der Waals surface area contributed by atoms with E-state index >= 15 is 0 Å². The van der Waals surface area contributed by atoms with Gasteiger partial charge in [-0.25, -0.2) is 0 Å². The second-order valence-electron chi connectivity index (χ2n) is 7.61. The summed E-state index contributed by atoms with van der Waals surface area (Å²) in [6.45, 7) is 5.77. The summed E-state index contributed by atoms with van der Waals surface area (Å²) in [4.78, 5) is 15.1. The quantitative estimate of drug-likeness (QED) is 0.649. The van der Waals surface area contributed by atoms with E-state index in [-0.39, 0.29) is 5.91 Å². The molecular formula is C23H26N4O2S. The van der Waals surface area contributed by atoms with Crippen molar-refractivity contribution < 1.29 is 9.21 Å². The number of hydrogen-bond donors (Lipinski definition) is 1. The van der Waals surface area contributed by atoms with Gasteiger partial charge in [0.15, 0.2) is 0 Å². The molecule has 0 spiro atoms. The van der Waals surface area contributed by atoms with Gasteiger partial charge in [-0.1, -0.05) is 52.6 Å². The summed E-state index contributed by atoms with van der Waals surface area (Å²) in [6, 6.07) is 16.0. The number of rotatable bonds is 6. The molecule has 0 saturated carbocycles. The summed E-state index contributed by atoms with van der Waals surface area (Å²) in [5.74, 6) is 2.39. The minimum absolute atomic E-state index is 0.142. The molecule has 7 heteroatoms. The molecule has 6 nitrogen and oxygen atoms in total. The standard InChI is InChI=1S/C23H26N4O2S/c1-16-12-17(2)14-19(13-16)21(28)24-20(15-18-6-4-3-5-7-18)22-25-26-23(29-22)27-8-10-30-11-9-27/h3-7,12-14,20H,8-11,15H2,1-2H3,(H,24,28)/t20-/m0/s1. The number of thioether (sulfide) groups is 1. The number of nitrogens with one attached hydrogen (secondary N) is 1. The molecule has 2 aromatic carbocycles. The molecular weight excluding hydrogens is 396 g/mol. The molecule has 1 amide bonds. The van der Waals surface area contributed by atoms with Gasteiger partial charge in [0, 0.05) is 36.6 Å². The van der Waals surface area contributed by atoms with Crippen LogP contribution in [0.5, 0.6) is 0 Å². The van der Waals surface area contributed by atoms with Crippen LogP contribution >= 0.6 is 11.8 Å². The third-order valence-corrected chi connectivity index (χ3v) is 6.02. The van der Waals surface area contributed by atoms with Crippen molar-refractivity contribution in [2.45, 2.75) is 26.3 Å². The van der Waals surface area contributed by atoms with E-state index in [1.165, 1.54) is 0 Å². The molecule has 0 radical (unpaired) electrons. The molecule has 0 aliphatic carbocycles. The maximum absolute atomic E-state index is 13.0. The average molecular weight is 423 g/mol. The number of aryl methyl sites for hydroxylation is 2. The molecule has 30 heavy (non-hydrogen) atoms. The van der Waals surface area contributed by atoms with Crippen LogP contribution in [-0.2, 0) is 6.42 Å². The fourth-order valence-electron chi connectivity index (χ4n) is 3.65. The van der Waals surface area contributed by atoms with E-state index in [4.69, 9.17) is 4.42 Å². The van der Waals surface area contributed by atoms with Crippen molar-refractivity contribution >= 4 is 23.7 Å². The summed E-state index contributed by atoms with van der Waals surface area (Å²) >= 11 is 1.93. The molecule has 2 heterocycles. The minimum Gasteiger partial charge on any atom is -0.406 e. The second-order valence-corrected chi connectivity index (χ2v) is 8.84. The maximum atomic E-state index is 13.0. The molecule has 0 unspecified atom stereocenters. The molecule has 1 atom stereocenters. The SMILES string of the molecule is Cc1cc(C)cc(C(=O)N[C@@H](Cc2ccccc2)c2nnc(N3CCSCC3)o2)c1. The van der Waals surface area contributed by atoms with Gasteiger partial charge in [0.25, 0.3) is 5.91 Å². The Labute approximate surface area is 181 Å². The zero-order valence-corrected chi connectivity index (χ0v) is 18.1. The summed E-state index contributed by atoms with van der Waals surface area (Å²) in [6.07, 6.45) is 0.578. The molecule has 0 bridgehead atoms. The normalized spacial score (nSPS) is 15.1. The zero-order valence-electron chi connectivity index (χ0n) is 17.3. The Hall–Kier alpha value is -2.80. The summed E-state index contributed by atoms with van der Waals surface area (Å²) in [5.41, 5.74) is 3.85. The van der Waals surface area contributed by atoms with Gasteiger partial charge in [0.05, 0.1) is 0 Å². The topological polar surface area (TPSA) is 71.3 Å². The first kappa shape index (κ1) is 20.5. The number of carbonyl (C=O) groups excluding carboxylic acids is 1. The summed E-state index contributed by atoms with van der Waals surface area (Å²) < 4.78 is 6.02. The van der Waals surface area contributed by atoms with Crippen molar-refractivity contribution in [1.82, 2.24) is 15.5 Å². The molecule has 1 N–H and O–H groups in total. The van der Waals surface area contributed by atoms with Crippen LogP contribution in [0.4, 0.5) is 6.01 Å². The number of benzene rings is 2. The first-order chi connectivity index (χ1) is 14.6. The van der Waals surface area contributed by atoms with E-state index < -0.39 is 6.04 Å². The highest BCUT2D eigenvalue weighted by atomic mass is 32.2. The fraction of sp³-hybridized carbons (Fsp3) is 0.348. The highest BCUT2D eigenvalue weighted by molar-refractivity contribution is 7.99. The van der Waals surface area contributed by atoms with Crippen LogP contribution in [0.25, 0.3) is 0 Å². The van der Waals surface area contributed by atoms with Crippen LogP contribution < -0.4 is 10.2 Å². The Morgan fingerprint density at radius 2 is 1.80 bits per heavy atom. The monoisotopic (exact) mass is 422 g/mol. The molecule has 1 fully saturated rings. The molecule has 156 valence electrons. The van der Waals surface area contributed by atoms with Crippen LogP contribution in [0.3, 0.4) is 0 Å². The van der Waals surface area contributed by atoms with Gasteiger partial charge in [0.2, 0.25) is 5.89 Å². The van der Waals surface area contributed by atoms with Gasteiger partial charge in [-0.2, -0.15) is 11.8 Å². The van der Waals surface area contributed by atoms with Crippen molar-refractivity contribution in [3.05, 3.63) is 76.7 Å². The number of anilines is 1. The number of amides is 1. The third kappa shape index (κ3) is 5.02. The maximum Gasteiger partial charge on any atom is 0.318 e. The summed E-state index contributed by atoms with van der Waals surface area (Å²) in [7, 11) is 0. The van der Waals surface area contributed by atoms with Crippen LogP contribution in [-0.4, -0.2) is 40.7 Å². The first-order valence-corrected chi connectivity index (χ1v) is 11.3. The van der Waals surface area contributed by atoms with Gasteiger partial charge in [0.1, 0.15) is 6.04 Å². The van der Waals surface area contributed by atoms with Crippen LogP contribution in [0.1, 0.15) is 39.0 Å². The fourth-order valence-corrected chi connectivity index (χ4v) is 4.55. The predicted molar refractivity (Wildman–Crippen MR) is 120 cm³/mol. The van der Waals surface area contributed by atoms with E-state index in [2.05, 4.69) is 26.5 Å². The van der Waals surface area contributed by atoms with Crippen molar-refractivity contribution in [2.24, 2.45) is 0 Å². The van der Waals surface area contributed by atoms with E-state index in [9.17, 15) is 4.79 Å². The number of nitrogens with zero attached hydrogens (tertiary/aromatic N) is 3. The van der Waals surface area contributed by atoms with Gasteiger partial charge < -0.3 is 14.6 Å².